The lowest BCUT2D eigenvalue weighted by Gasteiger charge is -2.48. The van der Waals surface area contributed by atoms with Crippen LogP contribution in [0.2, 0.25) is 0 Å². The van der Waals surface area contributed by atoms with Crippen molar-refractivity contribution in [3.05, 3.63) is 23.3 Å². The summed E-state index contributed by atoms with van der Waals surface area (Å²) in [5.74, 6) is 3.11. The predicted octanol–water partition coefficient (Wildman–Crippen LogP) is 5.82. The van der Waals surface area contributed by atoms with E-state index in [9.17, 15) is 5.11 Å². The molecule has 2 aliphatic rings. The second-order valence-electron chi connectivity index (χ2n) is 8.32. The van der Waals surface area contributed by atoms with Crippen LogP contribution in [-0.4, -0.2) is 10.7 Å². The maximum Gasteiger partial charge on any atom is 0.127 e. The van der Waals surface area contributed by atoms with E-state index in [0.29, 0.717) is 17.6 Å². The van der Waals surface area contributed by atoms with Crippen molar-refractivity contribution in [1.82, 2.24) is 0 Å². The number of hydrogen-bond donors (Lipinski definition) is 1. The van der Waals surface area contributed by atoms with E-state index in [1.807, 2.05) is 6.07 Å². The third-order valence-corrected chi connectivity index (χ3v) is 6.00. The van der Waals surface area contributed by atoms with Gasteiger partial charge in [-0.05, 0) is 69.1 Å². The minimum Gasteiger partial charge on any atom is -0.508 e. The molecule has 2 heteroatoms. The quantitative estimate of drug-likeness (QED) is 0.710. The van der Waals surface area contributed by atoms with Crippen LogP contribution in [0, 0.1) is 11.8 Å². The topological polar surface area (TPSA) is 29.5 Å². The van der Waals surface area contributed by atoms with Gasteiger partial charge in [-0.2, -0.15) is 0 Å². The maximum atomic E-state index is 10.7. The number of benzene rings is 1. The van der Waals surface area contributed by atoms with Gasteiger partial charge in [0.1, 0.15) is 17.1 Å². The van der Waals surface area contributed by atoms with E-state index in [4.69, 9.17) is 4.74 Å². The SMILES string of the molecule is CCCCCc1cc(O)c2c(c1)OC(C)(C)C1CC[C@@H](C)C[C@@H]21. The van der Waals surface area contributed by atoms with Crippen molar-refractivity contribution < 1.29 is 9.84 Å². The average Bonchev–Trinajstić information content (AvgIpc) is 2.46. The number of aromatic hydroxyl groups is 1. The summed E-state index contributed by atoms with van der Waals surface area (Å²) in [6, 6.07) is 4.19. The van der Waals surface area contributed by atoms with Crippen LogP contribution in [0.5, 0.6) is 11.5 Å². The van der Waals surface area contributed by atoms with Gasteiger partial charge < -0.3 is 9.84 Å². The first-order valence-electron chi connectivity index (χ1n) is 9.47. The molecule has 1 unspecified atom stereocenters. The summed E-state index contributed by atoms with van der Waals surface area (Å²) >= 11 is 0. The fourth-order valence-corrected chi connectivity index (χ4v) is 4.74. The smallest absolute Gasteiger partial charge is 0.127 e. The van der Waals surface area contributed by atoms with Crippen LogP contribution in [0.25, 0.3) is 0 Å². The molecule has 0 radical (unpaired) electrons. The van der Waals surface area contributed by atoms with Gasteiger partial charge in [-0.3, -0.25) is 0 Å². The molecule has 0 amide bonds. The molecule has 2 nitrogen and oxygen atoms in total. The lowest BCUT2D eigenvalue weighted by Crippen LogP contribution is -2.46. The van der Waals surface area contributed by atoms with Gasteiger partial charge in [0, 0.05) is 11.5 Å². The molecule has 1 heterocycles. The Hall–Kier alpha value is -1.18. The van der Waals surface area contributed by atoms with E-state index < -0.39 is 0 Å². The van der Waals surface area contributed by atoms with E-state index in [1.54, 1.807) is 0 Å². The molecule has 1 aromatic carbocycles. The van der Waals surface area contributed by atoms with Crippen LogP contribution in [0.3, 0.4) is 0 Å². The first kappa shape index (κ1) is 16.7. The van der Waals surface area contributed by atoms with Gasteiger partial charge in [-0.1, -0.05) is 33.1 Å². The van der Waals surface area contributed by atoms with Crippen LogP contribution in [0.1, 0.15) is 83.3 Å². The number of hydrogen-bond acceptors (Lipinski definition) is 2. The van der Waals surface area contributed by atoms with E-state index >= 15 is 0 Å². The van der Waals surface area contributed by atoms with Crippen LogP contribution in [0.15, 0.2) is 12.1 Å². The zero-order valence-electron chi connectivity index (χ0n) is 15.2. The van der Waals surface area contributed by atoms with Crippen LogP contribution in [0.4, 0.5) is 0 Å². The number of ether oxygens (including phenoxy) is 1. The Balaban J connectivity index is 1.94. The van der Waals surface area contributed by atoms with Crippen molar-refractivity contribution in [2.24, 2.45) is 11.8 Å². The van der Waals surface area contributed by atoms with Crippen LogP contribution in [-0.2, 0) is 6.42 Å². The minimum absolute atomic E-state index is 0.133. The molecule has 1 aromatic rings. The highest BCUT2D eigenvalue weighted by Crippen LogP contribution is 2.55. The van der Waals surface area contributed by atoms with Gasteiger partial charge in [-0.25, -0.2) is 0 Å². The molecule has 0 saturated heterocycles. The molecule has 0 spiro atoms. The van der Waals surface area contributed by atoms with Crippen LogP contribution >= 0.6 is 0 Å². The first-order valence-corrected chi connectivity index (χ1v) is 9.47. The molecule has 1 fully saturated rings. The van der Waals surface area contributed by atoms with Gasteiger partial charge >= 0.3 is 0 Å². The third-order valence-electron chi connectivity index (χ3n) is 6.00. The summed E-state index contributed by atoms with van der Waals surface area (Å²) in [6.45, 7) is 9.02. The number of phenolic OH excluding ortho intramolecular Hbond substituents is 1. The molecule has 1 aliphatic heterocycles. The van der Waals surface area contributed by atoms with E-state index in [-0.39, 0.29) is 5.60 Å². The number of phenols is 1. The van der Waals surface area contributed by atoms with Gasteiger partial charge in [0.25, 0.3) is 0 Å². The number of fused-ring (bicyclic) bond motifs is 3. The summed E-state index contributed by atoms with van der Waals surface area (Å²) < 4.78 is 6.39. The first-order chi connectivity index (χ1) is 10.9. The molecule has 0 aromatic heterocycles. The summed E-state index contributed by atoms with van der Waals surface area (Å²) in [6.07, 6.45) is 8.33. The summed E-state index contributed by atoms with van der Waals surface area (Å²) in [5, 5.41) is 10.7. The summed E-state index contributed by atoms with van der Waals surface area (Å²) in [7, 11) is 0. The van der Waals surface area contributed by atoms with Crippen molar-refractivity contribution >= 4 is 0 Å². The Bertz CT molecular complexity index is 561. The molecule has 1 saturated carbocycles. The number of aryl methyl sites for hydroxylation is 1. The Kier molecular flexibility index (Phi) is 4.62. The molecule has 3 atom stereocenters. The van der Waals surface area contributed by atoms with Crippen LogP contribution < -0.4 is 4.74 Å². The zero-order valence-corrected chi connectivity index (χ0v) is 15.2. The predicted molar refractivity (Wildman–Crippen MR) is 95.3 cm³/mol. The molecule has 3 rings (SSSR count). The highest BCUT2D eigenvalue weighted by Gasteiger charge is 2.47. The van der Waals surface area contributed by atoms with Gasteiger partial charge in [0.05, 0.1) is 0 Å². The highest BCUT2D eigenvalue weighted by atomic mass is 16.5. The Morgan fingerprint density at radius 1 is 1.22 bits per heavy atom. The van der Waals surface area contributed by atoms with Crippen molar-refractivity contribution in [1.29, 1.82) is 0 Å². The Labute approximate surface area is 141 Å². The fourth-order valence-electron chi connectivity index (χ4n) is 4.74. The monoisotopic (exact) mass is 316 g/mol. The van der Waals surface area contributed by atoms with Gasteiger partial charge in [0.2, 0.25) is 0 Å². The van der Waals surface area contributed by atoms with Crippen molar-refractivity contribution in [3.63, 3.8) is 0 Å². The molecule has 128 valence electrons. The second-order valence-corrected chi connectivity index (χ2v) is 8.32. The molecule has 23 heavy (non-hydrogen) atoms. The van der Waals surface area contributed by atoms with Gasteiger partial charge in [-0.15, -0.1) is 0 Å². The minimum atomic E-state index is -0.133. The maximum absolute atomic E-state index is 10.7. The van der Waals surface area contributed by atoms with E-state index in [1.165, 1.54) is 44.1 Å². The van der Waals surface area contributed by atoms with E-state index in [2.05, 4.69) is 33.8 Å². The van der Waals surface area contributed by atoms with Crippen molar-refractivity contribution in [2.75, 3.05) is 0 Å². The lowest BCUT2D eigenvalue weighted by atomic mass is 9.64. The number of unbranched alkanes of at least 4 members (excludes halogenated alkanes) is 2. The fraction of sp³-hybridized carbons (Fsp3) is 0.714. The normalized spacial score (nSPS) is 28.6. The highest BCUT2D eigenvalue weighted by molar-refractivity contribution is 5.52. The van der Waals surface area contributed by atoms with Crippen molar-refractivity contribution in [3.8, 4) is 11.5 Å². The molecular formula is C21H32O2. The second kappa shape index (κ2) is 6.37. The average molecular weight is 316 g/mol. The van der Waals surface area contributed by atoms with Crippen molar-refractivity contribution in [2.45, 2.75) is 84.2 Å². The Morgan fingerprint density at radius 2 is 2.00 bits per heavy atom. The lowest BCUT2D eigenvalue weighted by molar-refractivity contribution is -0.0145. The summed E-state index contributed by atoms with van der Waals surface area (Å²) in [5.41, 5.74) is 2.17. The molecular weight excluding hydrogens is 284 g/mol. The van der Waals surface area contributed by atoms with E-state index in [0.717, 1.165) is 23.7 Å². The largest absolute Gasteiger partial charge is 0.508 e. The number of rotatable bonds is 4. The zero-order chi connectivity index (χ0) is 16.6. The molecule has 1 aliphatic carbocycles. The standard InChI is InChI=1S/C21H32O2/c1-5-6-7-8-15-12-18(22)20-16-11-14(2)9-10-17(16)21(3,4)23-19(20)13-15/h12-14,16-17,22H,5-11H2,1-4H3/t14-,16-,17?/m1/s1. The Morgan fingerprint density at radius 3 is 2.74 bits per heavy atom. The van der Waals surface area contributed by atoms with Gasteiger partial charge in [0.15, 0.2) is 0 Å². The molecule has 0 bridgehead atoms. The third kappa shape index (κ3) is 3.22. The molecule has 1 N–H and O–H groups in total. The summed E-state index contributed by atoms with van der Waals surface area (Å²) in [4.78, 5) is 0.